The number of hydrogen-bond donors (Lipinski definition) is 0. The molecule has 1 aliphatic carbocycles. The van der Waals surface area contributed by atoms with Crippen molar-refractivity contribution in [2.24, 2.45) is 5.92 Å². The first-order valence-corrected chi connectivity index (χ1v) is 15.8. The molecule has 240 valence electrons. The number of nitrogens with zero attached hydrogens (tertiary/aromatic N) is 2. The predicted molar refractivity (Wildman–Crippen MR) is 181 cm³/mol. The Hall–Kier alpha value is -4.72. The molecular weight excluding hydrogens is 580 g/mol. The third-order valence-corrected chi connectivity index (χ3v) is 10.0. The molecule has 1 fully saturated rings. The molecular formula is C38H42N2O6. The van der Waals surface area contributed by atoms with Crippen molar-refractivity contribution >= 4 is 11.4 Å². The van der Waals surface area contributed by atoms with Crippen LogP contribution in [0.3, 0.4) is 0 Å². The second kappa shape index (κ2) is 12.6. The Labute approximate surface area is 270 Å². The van der Waals surface area contributed by atoms with E-state index in [1.54, 1.807) is 24.3 Å². The van der Waals surface area contributed by atoms with Gasteiger partial charge in [-0.15, -0.1) is 0 Å². The summed E-state index contributed by atoms with van der Waals surface area (Å²) in [5.41, 5.74) is 6.93. The number of ether oxygens (including phenoxy) is 2. The Morgan fingerprint density at radius 1 is 0.674 bits per heavy atom. The highest BCUT2D eigenvalue weighted by Gasteiger charge is 2.40. The third-order valence-electron chi connectivity index (χ3n) is 10.0. The lowest BCUT2D eigenvalue weighted by Crippen LogP contribution is -2.37. The van der Waals surface area contributed by atoms with Gasteiger partial charge in [-0.25, -0.2) is 0 Å². The molecule has 0 unspecified atom stereocenters. The first-order chi connectivity index (χ1) is 21.7. The van der Waals surface area contributed by atoms with E-state index in [-0.39, 0.29) is 22.2 Å². The molecule has 0 heterocycles. The number of benzene rings is 4. The van der Waals surface area contributed by atoms with Crippen molar-refractivity contribution in [3.8, 4) is 23.0 Å². The standard InChI is InChI=1S/C38H42N2O6/c1-24-20-29(21-25(2)35(24)45-33-12-8-31(9-13-33)39(41)42)37(5,6)28-16-18-38(7,19-17-28)30-22-26(3)36(27(4)23-30)46-34-14-10-32(11-15-34)40(43)44/h8-15,20-23,28H,16-19H2,1-7H3. The van der Waals surface area contributed by atoms with Crippen LogP contribution in [0.1, 0.15) is 79.8 Å². The van der Waals surface area contributed by atoms with Crippen LogP contribution in [0.5, 0.6) is 23.0 Å². The molecule has 0 aromatic heterocycles. The Bertz CT molecular complexity index is 1720. The van der Waals surface area contributed by atoms with Crippen LogP contribution in [-0.4, -0.2) is 9.85 Å². The van der Waals surface area contributed by atoms with Crippen molar-refractivity contribution in [2.45, 2.75) is 85.0 Å². The van der Waals surface area contributed by atoms with Crippen molar-refractivity contribution in [3.63, 3.8) is 0 Å². The van der Waals surface area contributed by atoms with E-state index < -0.39 is 9.85 Å². The van der Waals surface area contributed by atoms with Gasteiger partial charge in [0.25, 0.3) is 11.4 Å². The summed E-state index contributed by atoms with van der Waals surface area (Å²) in [5.74, 6) is 3.26. The molecule has 0 saturated heterocycles. The van der Waals surface area contributed by atoms with Gasteiger partial charge in [-0.05, 0) is 128 Å². The lowest BCUT2D eigenvalue weighted by Gasteiger charge is -2.44. The summed E-state index contributed by atoms with van der Waals surface area (Å²) in [6, 6.07) is 21.3. The summed E-state index contributed by atoms with van der Waals surface area (Å²) < 4.78 is 12.4. The van der Waals surface area contributed by atoms with Crippen LogP contribution in [0.25, 0.3) is 0 Å². The van der Waals surface area contributed by atoms with Gasteiger partial charge in [0.05, 0.1) is 9.85 Å². The van der Waals surface area contributed by atoms with Gasteiger partial charge in [-0.2, -0.15) is 0 Å². The fourth-order valence-electron chi connectivity index (χ4n) is 6.95. The first kappa shape index (κ1) is 32.7. The SMILES string of the molecule is Cc1cc(C2(C)CCC(C(C)(C)c3cc(C)c(Oc4ccc([N+](=O)[O-])cc4)c(C)c3)CC2)cc(C)c1Oc1ccc([N+](=O)[O-])cc1. The molecule has 46 heavy (non-hydrogen) atoms. The minimum Gasteiger partial charge on any atom is -0.457 e. The summed E-state index contributed by atoms with van der Waals surface area (Å²) in [4.78, 5) is 21.2. The molecule has 4 aromatic carbocycles. The topological polar surface area (TPSA) is 105 Å². The number of aryl methyl sites for hydroxylation is 4. The average Bonchev–Trinajstić information content (AvgIpc) is 3.01. The van der Waals surface area contributed by atoms with Crippen LogP contribution in [0, 0.1) is 53.8 Å². The maximum atomic E-state index is 11.0. The number of non-ortho nitro benzene ring substituents is 2. The van der Waals surface area contributed by atoms with Gasteiger partial charge >= 0.3 is 0 Å². The fourth-order valence-corrected chi connectivity index (χ4v) is 6.95. The molecule has 1 saturated carbocycles. The lowest BCUT2D eigenvalue weighted by atomic mass is 9.60. The minimum atomic E-state index is -0.412. The van der Waals surface area contributed by atoms with Crippen LogP contribution in [0.15, 0.2) is 72.8 Å². The van der Waals surface area contributed by atoms with E-state index in [4.69, 9.17) is 9.47 Å². The molecule has 0 atom stereocenters. The zero-order valence-corrected chi connectivity index (χ0v) is 27.7. The average molecular weight is 623 g/mol. The fraction of sp³-hybridized carbons (Fsp3) is 0.368. The second-order valence-corrected chi connectivity index (χ2v) is 13.6. The van der Waals surface area contributed by atoms with E-state index in [1.165, 1.54) is 35.4 Å². The highest BCUT2D eigenvalue weighted by Crippen LogP contribution is 2.49. The number of hydrogen-bond acceptors (Lipinski definition) is 6. The maximum absolute atomic E-state index is 11.0. The molecule has 0 spiro atoms. The predicted octanol–water partition coefficient (Wildman–Crippen LogP) is 10.7. The molecule has 8 nitrogen and oxygen atoms in total. The molecule has 5 rings (SSSR count). The molecule has 0 aliphatic heterocycles. The summed E-state index contributed by atoms with van der Waals surface area (Å²) in [6.07, 6.45) is 4.40. The zero-order valence-electron chi connectivity index (χ0n) is 27.7. The van der Waals surface area contributed by atoms with Crippen LogP contribution in [0.4, 0.5) is 11.4 Å². The Kier molecular flexibility index (Phi) is 8.94. The quantitative estimate of drug-likeness (QED) is 0.136. The van der Waals surface area contributed by atoms with Crippen LogP contribution >= 0.6 is 0 Å². The van der Waals surface area contributed by atoms with E-state index in [2.05, 4.69) is 72.7 Å². The van der Waals surface area contributed by atoms with Gasteiger partial charge in [0, 0.05) is 24.3 Å². The van der Waals surface area contributed by atoms with Crippen molar-refractivity contribution in [3.05, 3.63) is 126 Å². The minimum absolute atomic E-state index is 0.0307. The summed E-state index contributed by atoms with van der Waals surface area (Å²) in [6.45, 7) is 15.3. The van der Waals surface area contributed by atoms with E-state index >= 15 is 0 Å². The lowest BCUT2D eigenvalue weighted by molar-refractivity contribution is -0.385. The number of rotatable bonds is 9. The Morgan fingerprint density at radius 3 is 1.41 bits per heavy atom. The molecule has 0 bridgehead atoms. The third kappa shape index (κ3) is 6.62. The Morgan fingerprint density at radius 2 is 1.04 bits per heavy atom. The van der Waals surface area contributed by atoms with Crippen LogP contribution in [0.2, 0.25) is 0 Å². The molecule has 1 aliphatic rings. The van der Waals surface area contributed by atoms with Crippen molar-refractivity contribution < 1.29 is 19.3 Å². The van der Waals surface area contributed by atoms with Gasteiger partial charge in [0.15, 0.2) is 0 Å². The highest BCUT2D eigenvalue weighted by atomic mass is 16.6. The number of nitro groups is 2. The highest BCUT2D eigenvalue weighted by molar-refractivity contribution is 5.50. The second-order valence-electron chi connectivity index (χ2n) is 13.6. The van der Waals surface area contributed by atoms with Gasteiger partial charge in [-0.1, -0.05) is 45.0 Å². The first-order valence-electron chi connectivity index (χ1n) is 15.8. The summed E-state index contributed by atoms with van der Waals surface area (Å²) in [5, 5.41) is 22.0. The van der Waals surface area contributed by atoms with Gasteiger partial charge in [-0.3, -0.25) is 20.2 Å². The van der Waals surface area contributed by atoms with Gasteiger partial charge < -0.3 is 9.47 Å². The van der Waals surface area contributed by atoms with E-state index in [0.717, 1.165) is 59.4 Å². The summed E-state index contributed by atoms with van der Waals surface area (Å²) >= 11 is 0. The van der Waals surface area contributed by atoms with Crippen molar-refractivity contribution in [2.75, 3.05) is 0 Å². The molecule has 0 radical (unpaired) electrons. The Balaban J connectivity index is 1.28. The molecule has 8 heteroatoms. The van der Waals surface area contributed by atoms with E-state index in [0.29, 0.717) is 17.4 Å². The number of nitro benzene ring substituents is 2. The van der Waals surface area contributed by atoms with Crippen LogP contribution in [-0.2, 0) is 10.8 Å². The smallest absolute Gasteiger partial charge is 0.269 e. The molecule has 0 amide bonds. The van der Waals surface area contributed by atoms with E-state index in [1.807, 2.05) is 0 Å². The molecule has 0 N–H and O–H groups in total. The van der Waals surface area contributed by atoms with Crippen molar-refractivity contribution in [1.82, 2.24) is 0 Å². The largest absolute Gasteiger partial charge is 0.457 e. The van der Waals surface area contributed by atoms with Crippen molar-refractivity contribution in [1.29, 1.82) is 0 Å². The van der Waals surface area contributed by atoms with Crippen LogP contribution < -0.4 is 9.47 Å². The normalized spacial score (nSPS) is 18.2. The zero-order chi connectivity index (χ0) is 33.4. The van der Waals surface area contributed by atoms with E-state index in [9.17, 15) is 20.2 Å². The monoisotopic (exact) mass is 622 g/mol. The van der Waals surface area contributed by atoms with Gasteiger partial charge in [0.1, 0.15) is 23.0 Å². The molecule has 4 aromatic rings. The summed E-state index contributed by atoms with van der Waals surface area (Å²) in [7, 11) is 0. The maximum Gasteiger partial charge on any atom is 0.269 e. The van der Waals surface area contributed by atoms with Gasteiger partial charge in [0.2, 0.25) is 0 Å².